The molecule has 2 aromatic heterocycles. The number of amides is 1. The minimum absolute atomic E-state index is 0.0507. The average molecular weight is 757 g/mol. The lowest BCUT2D eigenvalue weighted by Crippen LogP contribution is -2.52. The molecular formula is C36H50F6N6O3Si. The smallest absolute Gasteiger partial charge is 0.435 e. The number of aromatic nitrogens is 3. The van der Waals surface area contributed by atoms with Gasteiger partial charge in [-0.1, -0.05) is 32.9 Å². The van der Waals surface area contributed by atoms with Crippen molar-refractivity contribution < 1.29 is 40.3 Å². The van der Waals surface area contributed by atoms with Gasteiger partial charge in [-0.3, -0.25) is 0 Å². The third kappa shape index (κ3) is 8.58. The van der Waals surface area contributed by atoms with Gasteiger partial charge in [0.05, 0.1) is 22.7 Å². The molecule has 0 spiro atoms. The zero-order chi connectivity index (χ0) is 39.0. The number of nitrogens with one attached hydrogen (secondary N) is 1. The molecular weight excluding hydrogens is 707 g/mol. The van der Waals surface area contributed by atoms with E-state index < -0.39 is 60.8 Å². The average Bonchev–Trinajstić information content (AvgIpc) is 3.05. The molecule has 3 heterocycles. The van der Waals surface area contributed by atoms with Crippen molar-refractivity contribution in [1.29, 1.82) is 0 Å². The lowest BCUT2D eigenvalue weighted by Gasteiger charge is -2.42. The van der Waals surface area contributed by atoms with Crippen LogP contribution in [0.5, 0.6) is 0 Å². The predicted octanol–water partition coefficient (Wildman–Crippen LogP) is 9.61. The molecule has 52 heavy (non-hydrogen) atoms. The maximum Gasteiger partial charge on any atom is 0.435 e. The lowest BCUT2D eigenvalue weighted by molar-refractivity contribution is -0.161. The summed E-state index contributed by atoms with van der Waals surface area (Å²) in [5.74, 6) is -4.69. The summed E-state index contributed by atoms with van der Waals surface area (Å²) in [6.45, 7) is 16.9. The van der Waals surface area contributed by atoms with Crippen LogP contribution < -0.4 is 10.2 Å². The van der Waals surface area contributed by atoms with Crippen molar-refractivity contribution in [3.8, 4) is 0 Å². The Kier molecular flexibility index (Phi) is 11.8. The zero-order valence-corrected chi connectivity index (χ0v) is 32.6. The van der Waals surface area contributed by atoms with Gasteiger partial charge in [-0.2, -0.15) is 22.0 Å². The number of halogens is 6. The van der Waals surface area contributed by atoms with Gasteiger partial charge in [0.1, 0.15) is 28.7 Å². The number of rotatable bonds is 11. The van der Waals surface area contributed by atoms with Crippen molar-refractivity contribution in [2.45, 2.75) is 117 Å². The fraction of sp³-hybridized carbons (Fsp3) is 0.611. The molecule has 1 aromatic carbocycles. The van der Waals surface area contributed by atoms with Crippen LogP contribution in [0.1, 0.15) is 91.0 Å². The standard InChI is InChI=1S/C36H50F6N6O3Si/c1-11-52(12-2,13-3)51-34(9,10)35(38,39)26-16-14-15-24(28(26)37)22(4)43-30-25-21-27(29(36(40,41)42)46-31(25)45-23(5)44-30)47-17-19-48(20-18-47)32(49)50-33(6,7)8/h14-16,21-22H,11-13,17-20H2,1-10H3,(H,43,44,45,46)/t22-/m1/s1. The number of hydrogen-bond donors (Lipinski definition) is 1. The molecule has 3 aromatic rings. The number of anilines is 2. The molecule has 288 valence electrons. The van der Waals surface area contributed by atoms with E-state index in [-0.39, 0.29) is 60.1 Å². The number of pyridine rings is 1. The van der Waals surface area contributed by atoms with Gasteiger partial charge >= 0.3 is 18.2 Å². The Morgan fingerprint density at radius 2 is 1.54 bits per heavy atom. The first kappa shape index (κ1) is 41.1. The third-order valence-corrected chi connectivity index (χ3v) is 14.5. The molecule has 1 fully saturated rings. The second-order valence-corrected chi connectivity index (χ2v) is 19.5. The Morgan fingerprint density at radius 1 is 0.942 bits per heavy atom. The molecule has 1 saturated heterocycles. The molecule has 0 unspecified atom stereocenters. The van der Waals surface area contributed by atoms with Crippen LogP contribution in [0.4, 0.5) is 42.6 Å². The topological polar surface area (TPSA) is 92.7 Å². The highest BCUT2D eigenvalue weighted by atomic mass is 28.4. The number of piperazine rings is 1. The fourth-order valence-electron chi connectivity index (χ4n) is 6.47. The highest BCUT2D eigenvalue weighted by Crippen LogP contribution is 2.46. The first-order valence-corrected chi connectivity index (χ1v) is 20.1. The maximum absolute atomic E-state index is 16.2. The Hall–Kier alpha value is -3.66. The van der Waals surface area contributed by atoms with Gasteiger partial charge in [-0.15, -0.1) is 0 Å². The minimum atomic E-state index is -4.84. The maximum atomic E-state index is 16.2. The predicted molar refractivity (Wildman–Crippen MR) is 192 cm³/mol. The molecule has 0 radical (unpaired) electrons. The van der Waals surface area contributed by atoms with Crippen LogP contribution in [0.15, 0.2) is 24.3 Å². The Labute approximate surface area is 302 Å². The summed E-state index contributed by atoms with van der Waals surface area (Å²) >= 11 is 0. The fourth-order valence-corrected chi connectivity index (χ4v) is 9.62. The van der Waals surface area contributed by atoms with Crippen molar-refractivity contribution in [3.05, 3.63) is 52.7 Å². The van der Waals surface area contributed by atoms with Crippen molar-refractivity contribution in [2.24, 2.45) is 0 Å². The van der Waals surface area contributed by atoms with Crippen molar-refractivity contribution in [3.63, 3.8) is 0 Å². The van der Waals surface area contributed by atoms with E-state index in [1.807, 2.05) is 20.8 Å². The lowest BCUT2D eigenvalue weighted by atomic mass is 9.91. The molecule has 0 aliphatic carbocycles. The summed E-state index contributed by atoms with van der Waals surface area (Å²) in [6, 6.07) is 5.98. The number of nitrogens with zero attached hydrogens (tertiary/aromatic N) is 5. The first-order valence-electron chi connectivity index (χ1n) is 17.6. The molecule has 0 bridgehead atoms. The number of aryl methyl sites for hydroxylation is 1. The van der Waals surface area contributed by atoms with Crippen molar-refractivity contribution >= 4 is 36.9 Å². The van der Waals surface area contributed by atoms with E-state index >= 15 is 13.2 Å². The van der Waals surface area contributed by atoms with Crippen molar-refractivity contribution in [2.75, 3.05) is 36.4 Å². The van der Waals surface area contributed by atoms with E-state index in [0.29, 0.717) is 18.1 Å². The van der Waals surface area contributed by atoms with Crippen LogP contribution >= 0.6 is 0 Å². The molecule has 1 aliphatic rings. The number of hydrogen-bond acceptors (Lipinski definition) is 8. The van der Waals surface area contributed by atoms with Crippen LogP contribution in [-0.2, 0) is 21.3 Å². The van der Waals surface area contributed by atoms with E-state index in [4.69, 9.17) is 9.16 Å². The summed E-state index contributed by atoms with van der Waals surface area (Å²) < 4.78 is 104. The van der Waals surface area contributed by atoms with Crippen LogP contribution in [0.3, 0.4) is 0 Å². The summed E-state index contributed by atoms with van der Waals surface area (Å²) in [5.41, 5.74) is -5.30. The molecule has 16 heteroatoms. The van der Waals surface area contributed by atoms with E-state index in [2.05, 4.69) is 20.3 Å². The summed E-state index contributed by atoms with van der Waals surface area (Å²) in [5, 5.41) is 3.15. The minimum Gasteiger partial charge on any atom is -0.444 e. The molecule has 4 rings (SSSR count). The second-order valence-electron chi connectivity index (χ2n) is 14.8. The van der Waals surface area contributed by atoms with Crippen LogP contribution in [0.25, 0.3) is 11.0 Å². The summed E-state index contributed by atoms with van der Waals surface area (Å²) in [4.78, 5) is 28.0. The van der Waals surface area contributed by atoms with Crippen LogP contribution in [0.2, 0.25) is 18.1 Å². The largest absolute Gasteiger partial charge is 0.444 e. The molecule has 1 aliphatic heterocycles. The Balaban J connectivity index is 1.70. The molecule has 9 nitrogen and oxygen atoms in total. The SMILES string of the molecule is CC[Si](CC)(CC)OC(C)(C)C(F)(F)c1cccc([C@@H](C)Nc2nc(C)nc3nc(C(F)(F)F)c(N4CCN(C(=O)OC(C)(C)C)CC4)cc23)c1F. The van der Waals surface area contributed by atoms with Gasteiger partial charge in [-0.05, 0) is 78.7 Å². The first-order chi connectivity index (χ1) is 24.0. The highest BCUT2D eigenvalue weighted by Gasteiger charge is 2.54. The Morgan fingerprint density at radius 3 is 2.08 bits per heavy atom. The summed E-state index contributed by atoms with van der Waals surface area (Å²) in [7, 11) is -2.51. The molecule has 1 amide bonds. The number of alkyl halides is 5. The van der Waals surface area contributed by atoms with Crippen molar-refractivity contribution in [1.82, 2.24) is 19.9 Å². The molecule has 1 N–H and O–H groups in total. The quantitative estimate of drug-likeness (QED) is 0.153. The van der Waals surface area contributed by atoms with E-state index in [0.717, 1.165) is 6.07 Å². The number of benzene rings is 1. The number of ether oxygens (including phenoxy) is 1. The normalized spacial score (nSPS) is 15.6. The molecule has 0 saturated carbocycles. The van der Waals surface area contributed by atoms with Gasteiger partial charge in [-0.25, -0.2) is 24.1 Å². The van der Waals surface area contributed by atoms with Gasteiger partial charge in [0.15, 0.2) is 19.7 Å². The molecule has 1 atom stereocenters. The highest BCUT2D eigenvalue weighted by molar-refractivity contribution is 6.73. The van der Waals surface area contributed by atoms with Crippen LogP contribution in [-0.4, -0.2) is 71.6 Å². The van der Waals surface area contributed by atoms with Gasteiger partial charge < -0.3 is 24.3 Å². The third-order valence-electron chi connectivity index (χ3n) is 9.67. The van der Waals surface area contributed by atoms with Crippen LogP contribution in [0, 0.1) is 12.7 Å². The summed E-state index contributed by atoms with van der Waals surface area (Å²) in [6.07, 6.45) is -5.40. The number of carbonyl (C=O) groups excluding carboxylic acids is 1. The van der Waals surface area contributed by atoms with E-state index in [1.165, 1.54) is 48.8 Å². The van der Waals surface area contributed by atoms with E-state index in [1.54, 1.807) is 27.7 Å². The second kappa shape index (κ2) is 15.0. The number of fused-ring (bicyclic) bond motifs is 1. The zero-order valence-electron chi connectivity index (χ0n) is 31.6. The van der Waals surface area contributed by atoms with Gasteiger partial charge in [0.2, 0.25) is 0 Å². The number of carbonyl (C=O) groups is 1. The Bertz CT molecular complexity index is 1750. The van der Waals surface area contributed by atoms with Gasteiger partial charge in [0.25, 0.3) is 0 Å². The van der Waals surface area contributed by atoms with E-state index in [9.17, 15) is 18.0 Å². The monoisotopic (exact) mass is 756 g/mol. The van der Waals surface area contributed by atoms with Gasteiger partial charge in [0, 0.05) is 31.7 Å².